The lowest BCUT2D eigenvalue weighted by Crippen LogP contribution is -2.27. The molecule has 3 aromatic heterocycles. The first-order valence-corrected chi connectivity index (χ1v) is 13.0. The molecule has 0 aliphatic rings. The Bertz CT molecular complexity index is 1980. The number of halogens is 2. The van der Waals surface area contributed by atoms with Crippen LogP contribution in [0.3, 0.4) is 0 Å². The maximum absolute atomic E-state index is 14.4. The van der Waals surface area contributed by atoms with Gasteiger partial charge in [-0.25, -0.2) is 9.97 Å². The van der Waals surface area contributed by atoms with Crippen molar-refractivity contribution in [1.29, 1.82) is 0 Å². The minimum atomic E-state index is -0.526. The number of aromatic amines is 1. The second-order valence-corrected chi connectivity index (χ2v) is 9.88. The number of pyridine rings is 2. The first kappa shape index (κ1) is 24.9. The van der Waals surface area contributed by atoms with Crippen molar-refractivity contribution in [3.8, 4) is 16.8 Å². The van der Waals surface area contributed by atoms with Gasteiger partial charge in [-0.05, 0) is 42.3 Å². The van der Waals surface area contributed by atoms with Crippen molar-refractivity contribution in [1.82, 2.24) is 19.5 Å². The highest BCUT2D eigenvalue weighted by atomic mass is 35.5. The van der Waals surface area contributed by atoms with E-state index in [4.69, 9.17) is 23.2 Å². The Morgan fingerprint density at radius 1 is 0.897 bits per heavy atom. The molecule has 0 bridgehead atoms. The van der Waals surface area contributed by atoms with Crippen LogP contribution < -0.4 is 16.3 Å². The summed E-state index contributed by atoms with van der Waals surface area (Å²) < 4.78 is 1.62. The summed E-state index contributed by atoms with van der Waals surface area (Å²) >= 11 is 13.4. The van der Waals surface area contributed by atoms with Crippen LogP contribution in [-0.4, -0.2) is 19.5 Å². The van der Waals surface area contributed by atoms with Gasteiger partial charge in [0.2, 0.25) is 0 Å². The van der Waals surface area contributed by atoms with Crippen molar-refractivity contribution >= 4 is 50.8 Å². The average molecular weight is 554 g/mol. The first-order chi connectivity index (χ1) is 18.9. The fourth-order valence-electron chi connectivity index (χ4n) is 4.93. The van der Waals surface area contributed by atoms with E-state index >= 15 is 0 Å². The summed E-state index contributed by atoms with van der Waals surface area (Å²) in [7, 11) is 0. The van der Waals surface area contributed by atoms with Crippen molar-refractivity contribution in [3.63, 3.8) is 0 Å². The SMILES string of the molecule is C[C@H](Nc1ncnc2[nH]ccc(=O)c12)c1c(Cl)c2cccc(-c3cccc(Cl)c3)c2c(=O)n1-c1ccccc1. The van der Waals surface area contributed by atoms with Crippen molar-refractivity contribution in [2.24, 2.45) is 0 Å². The topological polar surface area (TPSA) is 92.7 Å². The van der Waals surface area contributed by atoms with Gasteiger partial charge in [-0.15, -0.1) is 0 Å². The summed E-state index contributed by atoms with van der Waals surface area (Å²) in [5.74, 6) is 0.338. The largest absolute Gasteiger partial charge is 0.361 e. The third-order valence-electron chi connectivity index (χ3n) is 6.65. The lowest BCUT2D eigenvalue weighted by Gasteiger charge is -2.24. The molecule has 7 nitrogen and oxygen atoms in total. The highest BCUT2D eigenvalue weighted by molar-refractivity contribution is 6.36. The number of hydrogen-bond donors (Lipinski definition) is 2. The Hall–Kier alpha value is -4.46. The van der Waals surface area contributed by atoms with Crippen LogP contribution in [-0.2, 0) is 0 Å². The number of benzene rings is 3. The number of para-hydroxylation sites is 1. The van der Waals surface area contributed by atoms with Crippen LogP contribution in [0.2, 0.25) is 10.0 Å². The summed E-state index contributed by atoms with van der Waals surface area (Å²) in [6.45, 7) is 1.87. The lowest BCUT2D eigenvalue weighted by molar-refractivity contribution is 0.774. The molecule has 2 N–H and O–H groups in total. The Morgan fingerprint density at radius 2 is 1.69 bits per heavy atom. The fourth-order valence-corrected chi connectivity index (χ4v) is 5.52. The van der Waals surface area contributed by atoms with Gasteiger partial charge in [0.25, 0.3) is 5.56 Å². The Morgan fingerprint density at radius 3 is 2.49 bits per heavy atom. The normalized spacial score (nSPS) is 12.1. The average Bonchev–Trinajstić information content (AvgIpc) is 2.95. The summed E-state index contributed by atoms with van der Waals surface area (Å²) in [6.07, 6.45) is 2.91. The van der Waals surface area contributed by atoms with E-state index in [0.29, 0.717) is 49.1 Å². The van der Waals surface area contributed by atoms with E-state index in [9.17, 15) is 9.59 Å². The number of H-pyrrole nitrogens is 1. The molecule has 0 spiro atoms. The predicted molar refractivity (Wildman–Crippen MR) is 157 cm³/mol. The van der Waals surface area contributed by atoms with E-state index in [1.165, 1.54) is 18.6 Å². The second-order valence-electron chi connectivity index (χ2n) is 9.07. The van der Waals surface area contributed by atoms with Gasteiger partial charge < -0.3 is 10.3 Å². The van der Waals surface area contributed by atoms with Gasteiger partial charge in [-0.1, -0.05) is 71.7 Å². The summed E-state index contributed by atoms with van der Waals surface area (Å²) in [5, 5.41) is 5.69. The Balaban J connectivity index is 1.62. The first-order valence-electron chi connectivity index (χ1n) is 12.2. The number of anilines is 1. The van der Waals surface area contributed by atoms with Gasteiger partial charge in [-0.3, -0.25) is 14.2 Å². The van der Waals surface area contributed by atoms with Crippen LogP contribution in [0.1, 0.15) is 18.7 Å². The minimum Gasteiger partial charge on any atom is -0.361 e. The molecule has 192 valence electrons. The zero-order valence-electron chi connectivity index (χ0n) is 20.7. The number of aromatic nitrogens is 4. The Labute approximate surface area is 232 Å². The van der Waals surface area contributed by atoms with Crippen LogP contribution in [0, 0.1) is 0 Å². The molecule has 3 heterocycles. The third kappa shape index (κ3) is 4.35. The lowest BCUT2D eigenvalue weighted by atomic mass is 9.97. The molecule has 6 rings (SSSR count). The van der Waals surface area contributed by atoms with Gasteiger partial charge >= 0.3 is 0 Å². The van der Waals surface area contributed by atoms with E-state index < -0.39 is 6.04 Å². The monoisotopic (exact) mass is 553 g/mol. The molecular formula is C30H21Cl2N5O2. The molecule has 6 aromatic rings. The molecule has 0 saturated carbocycles. The number of nitrogens with zero attached hydrogens (tertiary/aromatic N) is 3. The quantitative estimate of drug-likeness (QED) is 0.245. The van der Waals surface area contributed by atoms with E-state index in [2.05, 4.69) is 20.3 Å². The molecule has 0 fully saturated rings. The van der Waals surface area contributed by atoms with Gasteiger partial charge in [0, 0.05) is 28.4 Å². The van der Waals surface area contributed by atoms with Crippen molar-refractivity contribution in [2.75, 3.05) is 5.32 Å². The van der Waals surface area contributed by atoms with E-state index in [1.54, 1.807) is 10.6 Å². The van der Waals surface area contributed by atoms with Gasteiger partial charge in [0.1, 0.15) is 23.2 Å². The highest BCUT2D eigenvalue weighted by Gasteiger charge is 2.24. The maximum atomic E-state index is 14.4. The molecule has 1 atom stereocenters. The smallest absolute Gasteiger partial charge is 0.263 e. The molecule has 0 aliphatic heterocycles. The number of rotatable bonds is 5. The second kappa shape index (κ2) is 10.0. The number of hydrogen-bond acceptors (Lipinski definition) is 5. The van der Waals surface area contributed by atoms with Crippen molar-refractivity contribution in [3.05, 3.63) is 128 Å². The van der Waals surface area contributed by atoms with Crippen LogP contribution in [0.25, 0.3) is 38.6 Å². The third-order valence-corrected chi connectivity index (χ3v) is 7.28. The minimum absolute atomic E-state index is 0.227. The van der Waals surface area contributed by atoms with Crippen LogP contribution in [0.4, 0.5) is 5.82 Å². The molecular weight excluding hydrogens is 533 g/mol. The molecule has 0 radical (unpaired) electrons. The van der Waals surface area contributed by atoms with Gasteiger partial charge in [-0.2, -0.15) is 0 Å². The molecule has 9 heteroatoms. The van der Waals surface area contributed by atoms with Crippen molar-refractivity contribution in [2.45, 2.75) is 13.0 Å². The van der Waals surface area contributed by atoms with E-state index in [0.717, 1.165) is 11.1 Å². The van der Waals surface area contributed by atoms with Crippen LogP contribution in [0.15, 0.2) is 101 Å². The maximum Gasteiger partial charge on any atom is 0.263 e. The highest BCUT2D eigenvalue weighted by Crippen LogP contribution is 2.37. The van der Waals surface area contributed by atoms with E-state index in [1.807, 2.05) is 73.7 Å². The number of fused-ring (bicyclic) bond motifs is 2. The molecule has 3 aromatic carbocycles. The van der Waals surface area contributed by atoms with E-state index in [-0.39, 0.29) is 11.0 Å². The zero-order valence-corrected chi connectivity index (χ0v) is 22.2. The predicted octanol–water partition coefficient (Wildman–Crippen LogP) is 6.77. The summed E-state index contributed by atoms with van der Waals surface area (Å²) in [5.41, 5.74) is 2.67. The molecule has 0 unspecified atom stereocenters. The number of nitrogens with one attached hydrogen (secondary N) is 2. The molecule has 0 aliphatic carbocycles. The molecule has 39 heavy (non-hydrogen) atoms. The van der Waals surface area contributed by atoms with Gasteiger partial charge in [0.15, 0.2) is 5.43 Å². The van der Waals surface area contributed by atoms with Crippen molar-refractivity contribution < 1.29 is 0 Å². The standard InChI is InChI=1S/C30H21Cl2N5O2/c1-17(36-29-25-23(38)13-14-33-28(25)34-16-35-29)27-26(32)22-12-6-11-21(18-7-5-8-19(31)15-18)24(22)30(39)37(27)20-9-3-2-4-10-20/h2-17H,1H3,(H2,33,34,35,36,38)/t17-/m0/s1. The molecule has 0 amide bonds. The fraction of sp³-hybridized carbons (Fsp3) is 0.0667. The Kier molecular flexibility index (Phi) is 6.38. The van der Waals surface area contributed by atoms with Gasteiger partial charge in [0.05, 0.1) is 22.1 Å². The van der Waals surface area contributed by atoms with Crippen LogP contribution >= 0.6 is 23.2 Å². The zero-order chi connectivity index (χ0) is 27.1. The summed E-state index contributed by atoms with van der Waals surface area (Å²) in [6, 6.07) is 23.2. The summed E-state index contributed by atoms with van der Waals surface area (Å²) in [4.78, 5) is 38.5. The molecule has 0 saturated heterocycles. The van der Waals surface area contributed by atoms with Crippen LogP contribution in [0.5, 0.6) is 0 Å².